The second-order valence-corrected chi connectivity index (χ2v) is 5.75. The summed E-state index contributed by atoms with van der Waals surface area (Å²) in [6.45, 7) is 1.42. The highest BCUT2D eigenvalue weighted by Crippen LogP contribution is 2.32. The molecule has 1 aliphatic carbocycles. The fraction of sp³-hybridized carbons (Fsp3) is 0.562. The Morgan fingerprint density at radius 2 is 2.00 bits per heavy atom. The number of hydrogen-bond donors (Lipinski definition) is 1. The maximum atomic E-state index is 12.6. The molecule has 0 bridgehead atoms. The summed E-state index contributed by atoms with van der Waals surface area (Å²) in [5, 5.41) is 0. The van der Waals surface area contributed by atoms with Gasteiger partial charge in [0.05, 0.1) is 0 Å². The molecule has 1 atom stereocenters. The van der Waals surface area contributed by atoms with Crippen molar-refractivity contribution in [2.24, 2.45) is 11.7 Å². The number of fused-ring (bicyclic) bond motifs is 1. The number of hydrogen-bond acceptors (Lipinski definition) is 2. The molecule has 1 heterocycles. The van der Waals surface area contributed by atoms with Crippen LogP contribution in [-0.4, -0.2) is 29.9 Å². The Labute approximate surface area is 114 Å². The highest BCUT2D eigenvalue weighted by Gasteiger charge is 2.34. The average Bonchev–Trinajstić information content (AvgIpc) is 2.96. The van der Waals surface area contributed by atoms with Gasteiger partial charge in [0.15, 0.2) is 0 Å². The molecule has 1 aromatic rings. The zero-order valence-electron chi connectivity index (χ0n) is 11.3. The number of amides is 1. The predicted octanol–water partition coefficient (Wildman–Crippen LogP) is 2.20. The molecule has 1 unspecified atom stereocenters. The Morgan fingerprint density at radius 3 is 2.74 bits per heavy atom. The Kier molecular flexibility index (Phi) is 3.56. The van der Waals surface area contributed by atoms with Crippen molar-refractivity contribution < 1.29 is 4.79 Å². The van der Waals surface area contributed by atoms with Gasteiger partial charge in [0.25, 0.3) is 5.91 Å². The van der Waals surface area contributed by atoms with Gasteiger partial charge in [-0.2, -0.15) is 0 Å². The molecule has 1 saturated carbocycles. The zero-order valence-corrected chi connectivity index (χ0v) is 11.3. The summed E-state index contributed by atoms with van der Waals surface area (Å²) in [5.74, 6) is 0.795. The lowest BCUT2D eigenvalue weighted by Gasteiger charge is -2.38. The quantitative estimate of drug-likeness (QED) is 0.903. The Balaban J connectivity index is 1.84. The van der Waals surface area contributed by atoms with Crippen molar-refractivity contribution in [2.45, 2.75) is 38.1 Å². The number of carbonyl (C=O) groups excluding carboxylic acids is 1. The molecule has 2 aliphatic rings. The fourth-order valence-electron chi connectivity index (χ4n) is 3.68. The van der Waals surface area contributed by atoms with Gasteiger partial charge in [0.2, 0.25) is 0 Å². The number of carbonyl (C=O) groups is 1. The highest BCUT2D eigenvalue weighted by atomic mass is 16.2. The molecule has 1 aromatic carbocycles. The van der Waals surface area contributed by atoms with E-state index in [-0.39, 0.29) is 11.9 Å². The van der Waals surface area contributed by atoms with Gasteiger partial charge in [-0.15, -0.1) is 0 Å². The van der Waals surface area contributed by atoms with Crippen molar-refractivity contribution >= 4 is 5.91 Å². The molecular weight excluding hydrogens is 236 g/mol. The molecule has 0 aromatic heterocycles. The van der Waals surface area contributed by atoms with E-state index < -0.39 is 0 Å². The molecule has 0 saturated heterocycles. The molecule has 1 amide bonds. The standard InChI is InChI=1S/C16H22N2O/c17-11-15(13-6-1-2-7-13)18-10-9-12-5-3-4-8-14(12)16(18)19/h3-5,8,13,15H,1-2,6-7,9-11,17H2. The fourth-order valence-corrected chi connectivity index (χ4v) is 3.68. The van der Waals surface area contributed by atoms with Crippen molar-refractivity contribution in [1.82, 2.24) is 4.90 Å². The van der Waals surface area contributed by atoms with Crippen LogP contribution in [0.2, 0.25) is 0 Å². The molecule has 3 heteroatoms. The smallest absolute Gasteiger partial charge is 0.254 e. The van der Waals surface area contributed by atoms with Crippen molar-refractivity contribution in [3.05, 3.63) is 35.4 Å². The van der Waals surface area contributed by atoms with Crippen LogP contribution in [-0.2, 0) is 6.42 Å². The molecule has 102 valence electrons. The molecule has 3 rings (SSSR count). The van der Waals surface area contributed by atoms with Crippen LogP contribution in [0.3, 0.4) is 0 Å². The minimum atomic E-state index is 0.184. The normalized spacial score (nSPS) is 21.5. The lowest BCUT2D eigenvalue weighted by atomic mass is 9.92. The van der Waals surface area contributed by atoms with Crippen molar-refractivity contribution in [1.29, 1.82) is 0 Å². The zero-order chi connectivity index (χ0) is 13.2. The van der Waals surface area contributed by atoms with Crippen molar-refractivity contribution in [3.8, 4) is 0 Å². The lowest BCUT2D eigenvalue weighted by molar-refractivity contribution is 0.0598. The topological polar surface area (TPSA) is 46.3 Å². The number of rotatable bonds is 3. The second-order valence-electron chi connectivity index (χ2n) is 5.75. The van der Waals surface area contributed by atoms with Crippen LogP contribution >= 0.6 is 0 Å². The van der Waals surface area contributed by atoms with E-state index in [1.807, 2.05) is 23.1 Å². The first kappa shape index (κ1) is 12.7. The van der Waals surface area contributed by atoms with Crippen LogP contribution in [0.1, 0.15) is 41.6 Å². The minimum absolute atomic E-state index is 0.184. The van der Waals surface area contributed by atoms with E-state index in [1.54, 1.807) is 0 Å². The Bertz CT molecular complexity index is 466. The lowest BCUT2D eigenvalue weighted by Crippen LogP contribution is -2.51. The molecule has 1 fully saturated rings. The van der Waals surface area contributed by atoms with Gasteiger partial charge in [-0.25, -0.2) is 0 Å². The Morgan fingerprint density at radius 1 is 1.26 bits per heavy atom. The van der Waals surface area contributed by atoms with E-state index in [1.165, 1.54) is 31.2 Å². The summed E-state index contributed by atoms with van der Waals surface area (Å²) in [7, 11) is 0. The monoisotopic (exact) mass is 258 g/mol. The van der Waals surface area contributed by atoms with Gasteiger partial charge in [-0.05, 0) is 36.8 Å². The first-order valence-corrected chi connectivity index (χ1v) is 7.40. The first-order chi connectivity index (χ1) is 9.31. The molecular formula is C16H22N2O. The summed E-state index contributed by atoms with van der Waals surface area (Å²) in [6.07, 6.45) is 6.01. The van der Waals surface area contributed by atoms with E-state index in [4.69, 9.17) is 5.73 Å². The third kappa shape index (κ3) is 2.27. The summed E-state index contributed by atoms with van der Waals surface area (Å²) in [4.78, 5) is 14.7. The molecule has 2 N–H and O–H groups in total. The maximum absolute atomic E-state index is 12.6. The van der Waals surface area contributed by atoms with Gasteiger partial charge < -0.3 is 10.6 Å². The van der Waals surface area contributed by atoms with E-state index in [2.05, 4.69) is 6.07 Å². The number of benzene rings is 1. The number of nitrogens with two attached hydrogens (primary N) is 1. The highest BCUT2D eigenvalue weighted by molar-refractivity contribution is 5.97. The van der Waals surface area contributed by atoms with E-state index in [0.29, 0.717) is 12.5 Å². The van der Waals surface area contributed by atoms with Crippen LogP contribution in [0.4, 0.5) is 0 Å². The van der Waals surface area contributed by atoms with Crippen LogP contribution in [0.25, 0.3) is 0 Å². The summed E-state index contributed by atoms with van der Waals surface area (Å²) >= 11 is 0. The third-order valence-electron chi connectivity index (χ3n) is 4.72. The SMILES string of the molecule is NCC(C1CCCC1)N1CCc2ccccc2C1=O. The summed E-state index contributed by atoms with van der Waals surface area (Å²) in [6, 6.07) is 8.22. The third-order valence-corrected chi connectivity index (χ3v) is 4.72. The minimum Gasteiger partial charge on any atom is -0.334 e. The number of nitrogens with zero attached hydrogens (tertiary/aromatic N) is 1. The van der Waals surface area contributed by atoms with Crippen LogP contribution in [0.5, 0.6) is 0 Å². The first-order valence-electron chi connectivity index (χ1n) is 7.40. The summed E-state index contributed by atoms with van der Waals surface area (Å²) < 4.78 is 0. The molecule has 3 nitrogen and oxygen atoms in total. The molecule has 19 heavy (non-hydrogen) atoms. The van der Waals surface area contributed by atoms with E-state index >= 15 is 0 Å². The molecule has 0 spiro atoms. The van der Waals surface area contributed by atoms with Gasteiger partial charge >= 0.3 is 0 Å². The van der Waals surface area contributed by atoms with Crippen LogP contribution < -0.4 is 5.73 Å². The van der Waals surface area contributed by atoms with Crippen LogP contribution in [0, 0.1) is 5.92 Å². The van der Waals surface area contributed by atoms with Crippen LogP contribution in [0.15, 0.2) is 24.3 Å². The Hall–Kier alpha value is -1.35. The summed E-state index contributed by atoms with van der Waals surface area (Å²) in [5.41, 5.74) is 8.04. The molecule has 0 radical (unpaired) electrons. The predicted molar refractivity (Wildman–Crippen MR) is 76.0 cm³/mol. The van der Waals surface area contributed by atoms with Gasteiger partial charge in [-0.1, -0.05) is 31.0 Å². The van der Waals surface area contributed by atoms with Gasteiger partial charge in [-0.3, -0.25) is 4.79 Å². The van der Waals surface area contributed by atoms with Crippen molar-refractivity contribution in [2.75, 3.05) is 13.1 Å². The molecule has 1 aliphatic heterocycles. The van der Waals surface area contributed by atoms with Crippen molar-refractivity contribution in [3.63, 3.8) is 0 Å². The van der Waals surface area contributed by atoms with Gasteiger partial charge in [0.1, 0.15) is 0 Å². The van der Waals surface area contributed by atoms with E-state index in [9.17, 15) is 4.79 Å². The van der Waals surface area contributed by atoms with E-state index in [0.717, 1.165) is 18.5 Å². The maximum Gasteiger partial charge on any atom is 0.254 e. The van der Waals surface area contributed by atoms with Gasteiger partial charge in [0, 0.05) is 24.7 Å². The average molecular weight is 258 g/mol. The largest absolute Gasteiger partial charge is 0.334 e. The second kappa shape index (κ2) is 5.33.